The van der Waals surface area contributed by atoms with Crippen LogP contribution >= 0.6 is 39.1 Å². The minimum Gasteiger partial charge on any atom is -0.323 e. The Morgan fingerprint density at radius 2 is 1.83 bits per heavy atom. The van der Waals surface area contributed by atoms with E-state index in [9.17, 15) is 14.4 Å². The first-order valence-corrected chi connectivity index (χ1v) is 9.96. The smallest absolute Gasteiger partial charge is 0.263 e. The third kappa shape index (κ3) is 3.73. The van der Waals surface area contributed by atoms with Gasteiger partial charge in [-0.2, -0.15) is 5.11 Å². The summed E-state index contributed by atoms with van der Waals surface area (Å²) in [4.78, 5) is 39.0. The number of rotatable bonds is 4. The molecule has 2 atom stereocenters. The Kier molecular flexibility index (Phi) is 5.28. The van der Waals surface area contributed by atoms with Gasteiger partial charge < -0.3 is 5.32 Å². The number of fused-ring (bicyclic) bond motifs is 1. The van der Waals surface area contributed by atoms with Gasteiger partial charge in [0.25, 0.3) is 11.8 Å². The second-order valence-electron chi connectivity index (χ2n) is 6.35. The Hall–Kier alpha value is -2.49. The van der Waals surface area contributed by atoms with Gasteiger partial charge in [-0.3, -0.25) is 19.4 Å². The minimum absolute atomic E-state index is 0.267. The molecule has 0 aliphatic carbocycles. The molecule has 0 aromatic heterocycles. The number of carbonyl (C=O) groups excluding carboxylic acids is 3. The first kappa shape index (κ1) is 19.8. The van der Waals surface area contributed by atoms with Gasteiger partial charge in [-0.25, -0.2) is 4.90 Å². The largest absolute Gasteiger partial charge is 0.323 e. The van der Waals surface area contributed by atoms with Crippen molar-refractivity contribution >= 4 is 68.2 Å². The van der Waals surface area contributed by atoms with Crippen LogP contribution in [0.5, 0.6) is 0 Å². The topological polar surface area (TPSA) is 94.4 Å². The van der Waals surface area contributed by atoms with Gasteiger partial charge in [0.1, 0.15) is 6.54 Å². The van der Waals surface area contributed by atoms with E-state index in [1.54, 1.807) is 36.4 Å². The maximum absolute atomic E-state index is 12.9. The summed E-state index contributed by atoms with van der Waals surface area (Å²) in [6.07, 6.45) is 0. The Balaban J connectivity index is 1.49. The summed E-state index contributed by atoms with van der Waals surface area (Å²) in [7, 11) is 0. The van der Waals surface area contributed by atoms with Gasteiger partial charge in [-0.1, -0.05) is 44.4 Å². The molecule has 8 nitrogen and oxygen atoms in total. The van der Waals surface area contributed by atoms with Gasteiger partial charge in [-0.15, -0.1) is 0 Å². The first-order valence-electron chi connectivity index (χ1n) is 8.41. The number of amides is 3. The lowest BCUT2D eigenvalue weighted by Gasteiger charge is -2.20. The number of carbonyl (C=O) groups is 3. The van der Waals surface area contributed by atoms with Crippen molar-refractivity contribution in [3.8, 4) is 0 Å². The van der Waals surface area contributed by atoms with Crippen LogP contribution in [-0.2, 0) is 14.4 Å². The summed E-state index contributed by atoms with van der Waals surface area (Å²) in [5.74, 6) is -1.42. The van der Waals surface area contributed by atoms with E-state index in [1.165, 1.54) is 11.1 Å². The molecule has 2 aromatic carbocycles. The normalized spacial score (nSPS) is 20.4. The van der Waals surface area contributed by atoms with Crippen molar-refractivity contribution in [2.75, 3.05) is 16.8 Å². The van der Waals surface area contributed by atoms with Gasteiger partial charge >= 0.3 is 0 Å². The molecule has 1 N–H and O–H groups in total. The fourth-order valence-electron chi connectivity index (χ4n) is 3.13. The second kappa shape index (κ2) is 7.74. The van der Waals surface area contributed by atoms with E-state index in [-0.39, 0.29) is 11.6 Å². The maximum Gasteiger partial charge on any atom is 0.263 e. The summed E-state index contributed by atoms with van der Waals surface area (Å²) in [6, 6.07) is 9.48. The molecule has 0 bridgehead atoms. The van der Waals surface area contributed by atoms with Gasteiger partial charge in [0.05, 0.1) is 16.4 Å². The van der Waals surface area contributed by atoms with Gasteiger partial charge in [0.15, 0.2) is 12.1 Å². The zero-order valence-electron chi connectivity index (χ0n) is 14.6. The van der Waals surface area contributed by atoms with Crippen LogP contribution < -0.4 is 10.2 Å². The number of halogens is 3. The van der Waals surface area contributed by atoms with Crippen molar-refractivity contribution in [3.63, 3.8) is 0 Å². The third-order valence-electron chi connectivity index (χ3n) is 4.45. The summed E-state index contributed by atoms with van der Waals surface area (Å²) in [6.45, 7) is -0.267. The minimum atomic E-state index is -0.974. The van der Waals surface area contributed by atoms with Crippen molar-refractivity contribution < 1.29 is 14.4 Å². The number of anilines is 2. The van der Waals surface area contributed by atoms with Gasteiger partial charge in [0.2, 0.25) is 5.91 Å². The fourth-order valence-corrected chi connectivity index (χ4v) is 3.85. The van der Waals surface area contributed by atoms with Crippen LogP contribution in [0.3, 0.4) is 0 Å². The van der Waals surface area contributed by atoms with Crippen LogP contribution in [0.1, 0.15) is 0 Å². The predicted molar refractivity (Wildman–Crippen MR) is 111 cm³/mol. The van der Waals surface area contributed by atoms with E-state index in [0.717, 1.165) is 9.37 Å². The highest BCUT2D eigenvalue weighted by Gasteiger charge is 2.55. The molecule has 1 fully saturated rings. The van der Waals surface area contributed by atoms with Crippen LogP contribution in [-0.4, -0.2) is 41.4 Å². The monoisotopic (exact) mass is 495 g/mol. The lowest BCUT2D eigenvalue weighted by molar-refractivity contribution is -0.123. The predicted octanol–water partition coefficient (Wildman–Crippen LogP) is 3.69. The van der Waals surface area contributed by atoms with E-state index in [1.807, 2.05) is 0 Å². The molecule has 4 rings (SSSR count). The Labute approximate surface area is 183 Å². The molecule has 0 radical (unpaired) electrons. The van der Waals surface area contributed by atoms with E-state index < -0.39 is 29.8 Å². The molecule has 0 spiro atoms. The Morgan fingerprint density at radius 1 is 1.10 bits per heavy atom. The highest BCUT2D eigenvalue weighted by molar-refractivity contribution is 9.10. The zero-order valence-corrected chi connectivity index (χ0v) is 17.6. The molecule has 0 saturated carbocycles. The number of nitrogens with one attached hydrogen (secondary N) is 1. The highest BCUT2D eigenvalue weighted by atomic mass is 79.9. The SMILES string of the molecule is O=C(CN1N=N[C@@H]2C(=O)N(c3ccc(Br)cc3)C(=O)[C@@H]21)Nc1ccc(Cl)cc1Cl. The molecule has 2 aromatic rings. The molecule has 3 amide bonds. The van der Waals surface area contributed by atoms with Crippen molar-refractivity contribution in [1.82, 2.24) is 5.01 Å². The average molecular weight is 497 g/mol. The molecule has 2 aliphatic rings. The Bertz CT molecular complexity index is 1050. The van der Waals surface area contributed by atoms with E-state index in [0.29, 0.717) is 16.4 Å². The van der Waals surface area contributed by atoms with E-state index in [4.69, 9.17) is 23.2 Å². The summed E-state index contributed by atoms with van der Waals surface area (Å²) in [5.41, 5.74) is 0.809. The molecule has 2 heterocycles. The first-order chi connectivity index (χ1) is 13.8. The second-order valence-corrected chi connectivity index (χ2v) is 8.11. The molecular weight excluding hydrogens is 485 g/mol. The molecule has 1 saturated heterocycles. The summed E-state index contributed by atoms with van der Waals surface area (Å²) >= 11 is 15.2. The van der Waals surface area contributed by atoms with Crippen molar-refractivity contribution in [1.29, 1.82) is 0 Å². The van der Waals surface area contributed by atoms with E-state index >= 15 is 0 Å². The molecule has 0 unspecified atom stereocenters. The van der Waals surface area contributed by atoms with Gasteiger partial charge in [-0.05, 0) is 42.5 Å². The maximum atomic E-state index is 12.9. The van der Waals surface area contributed by atoms with Crippen LogP contribution in [0.15, 0.2) is 57.3 Å². The average Bonchev–Trinajstić information content (AvgIpc) is 3.19. The zero-order chi connectivity index (χ0) is 20.7. The number of benzene rings is 2. The number of nitrogens with zero attached hydrogens (tertiary/aromatic N) is 4. The molecule has 148 valence electrons. The van der Waals surface area contributed by atoms with E-state index in [2.05, 4.69) is 31.6 Å². The highest BCUT2D eigenvalue weighted by Crippen LogP contribution is 2.32. The summed E-state index contributed by atoms with van der Waals surface area (Å²) < 4.78 is 0.819. The Morgan fingerprint density at radius 3 is 2.52 bits per heavy atom. The van der Waals surface area contributed by atoms with Crippen molar-refractivity contribution in [3.05, 3.63) is 57.0 Å². The van der Waals surface area contributed by atoms with Crippen LogP contribution in [0.4, 0.5) is 11.4 Å². The molecular formula is C18H12BrCl2N5O3. The van der Waals surface area contributed by atoms with Crippen LogP contribution in [0, 0.1) is 0 Å². The van der Waals surface area contributed by atoms with Crippen LogP contribution in [0.2, 0.25) is 10.0 Å². The third-order valence-corrected chi connectivity index (χ3v) is 5.53. The lowest BCUT2D eigenvalue weighted by Crippen LogP contribution is -2.43. The lowest BCUT2D eigenvalue weighted by atomic mass is 10.1. The molecule has 11 heteroatoms. The van der Waals surface area contributed by atoms with Crippen LogP contribution in [0.25, 0.3) is 0 Å². The fraction of sp³-hybridized carbons (Fsp3) is 0.167. The quantitative estimate of drug-likeness (QED) is 0.653. The molecule has 2 aliphatic heterocycles. The van der Waals surface area contributed by atoms with Gasteiger partial charge in [0, 0.05) is 9.50 Å². The number of hydrogen-bond donors (Lipinski definition) is 1. The summed E-state index contributed by atoms with van der Waals surface area (Å²) in [5, 5.41) is 12.3. The van der Waals surface area contributed by atoms with Crippen molar-refractivity contribution in [2.24, 2.45) is 10.3 Å². The number of imide groups is 1. The standard InChI is InChI=1S/C18H12BrCl2N5O3/c19-9-1-4-11(5-2-9)26-17(28)15-16(18(26)29)25(24-23-15)8-14(27)22-13-6-3-10(20)7-12(13)21/h1-7,15-16H,8H2,(H,22,27)/t15-,16+/m0/s1. The molecule has 29 heavy (non-hydrogen) atoms. The van der Waals surface area contributed by atoms with Crippen molar-refractivity contribution in [2.45, 2.75) is 12.1 Å². The number of hydrogen-bond acceptors (Lipinski definition) is 6.